The molecule has 2 aliphatic heterocycles. The molecule has 2 heterocycles. The normalized spacial score (nSPS) is 25.7. The summed E-state index contributed by atoms with van der Waals surface area (Å²) in [6.07, 6.45) is 34.9. The van der Waals surface area contributed by atoms with Crippen molar-refractivity contribution in [3.63, 3.8) is 0 Å². The van der Waals surface area contributed by atoms with E-state index < -0.39 is 86.8 Å². The molecule has 12 atom stereocenters. The highest BCUT2D eigenvalue weighted by atomic mass is 16.7. The number of hydrogen-bond donors (Lipinski definition) is 9. The van der Waals surface area contributed by atoms with Gasteiger partial charge in [-0.3, -0.25) is 4.79 Å². The van der Waals surface area contributed by atoms with Crippen LogP contribution < -0.4 is 5.32 Å². The first-order valence-corrected chi connectivity index (χ1v) is 29.6. The molecule has 14 nitrogen and oxygen atoms in total. The van der Waals surface area contributed by atoms with Crippen LogP contribution in [-0.4, -0.2) is 140 Å². The van der Waals surface area contributed by atoms with Crippen molar-refractivity contribution in [3.05, 3.63) is 24.3 Å². The van der Waals surface area contributed by atoms with Crippen LogP contribution in [0.2, 0.25) is 0 Å². The lowest BCUT2D eigenvalue weighted by Gasteiger charge is -2.46. The predicted molar refractivity (Wildman–Crippen MR) is 286 cm³/mol. The van der Waals surface area contributed by atoms with E-state index in [2.05, 4.69) is 31.3 Å². The van der Waals surface area contributed by atoms with Gasteiger partial charge in [0, 0.05) is 6.42 Å². The van der Waals surface area contributed by atoms with Crippen LogP contribution in [0.4, 0.5) is 0 Å². The summed E-state index contributed by atoms with van der Waals surface area (Å²) in [6, 6.07) is -0.915. The molecule has 2 aliphatic rings. The van der Waals surface area contributed by atoms with Crippen LogP contribution in [0.25, 0.3) is 0 Å². The lowest BCUT2D eigenvalue weighted by Crippen LogP contribution is -2.65. The van der Waals surface area contributed by atoms with E-state index in [1.54, 1.807) is 6.08 Å². The molecule has 0 spiro atoms. The molecule has 0 aliphatic carbocycles. The molecule has 2 rings (SSSR count). The molecule has 72 heavy (non-hydrogen) atoms. The van der Waals surface area contributed by atoms with Crippen molar-refractivity contribution in [2.45, 2.75) is 319 Å². The standard InChI is InChI=1S/C58H109NO13/c1-3-5-7-9-11-13-15-17-19-21-22-23-24-26-27-29-31-33-35-37-39-41-47(62)46(59-50(63)42-40-38-36-34-32-30-28-25-20-18-16-14-12-10-8-6-4-2)45-69-57-55(68)53(66)56(49(44-61)71-57)72-58-54(67)52(65)51(64)48(43-60)70-58/h18,20,39,41,46-49,51-58,60-62,64-68H,3-17,19,21-38,40,42-45H2,1-2H3,(H,59,63)/b20-18-,41-39+. The Labute approximate surface area is 437 Å². The highest BCUT2D eigenvalue weighted by Gasteiger charge is 2.51. The van der Waals surface area contributed by atoms with Crippen molar-refractivity contribution in [2.24, 2.45) is 0 Å². The largest absolute Gasteiger partial charge is 0.394 e. The van der Waals surface area contributed by atoms with Crippen molar-refractivity contribution in [3.8, 4) is 0 Å². The monoisotopic (exact) mass is 1030 g/mol. The number of amides is 1. The number of ether oxygens (including phenoxy) is 4. The number of allylic oxidation sites excluding steroid dienone is 3. The number of aliphatic hydroxyl groups is 8. The second-order valence-electron chi connectivity index (χ2n) is 21.1. The molecule has 14 heteroatoms. The van der Waals surface area contributed by atoms with Gasteiger partial charge >= 0.3 is 0 Å². The average molecular weight is 1030 g/mol. The first-order valence-electron chi connectivity index (χ1n) is 29.6. The molecule has 0 aromatic carbocycles. The van der Waals surface area contributed by atoms with E-state index in [1.807, 2.05) is 6.08 Å². The minimum atomic E-state index is -1.79. The average Bonchev–Trinajstić information content (AvgIpc) is 3.38. The van der Waals surface area contributed by atoms with E-state index in [4.69, 9.17) is 18.9 Å². The summed E-state index contributed by atoms with van der Waals surface area (Å²) in [5, 5.41) is 87.1. The molecule has 424 valence electrons. The quantitative estimate of drug-likeness (QED) is 0.0205. The Morgan fingerprint density at radius 1 is 0.486 bits per heavy atom. The third-order valence-corrected chi connectivity index (χ3v) is 14.6. The number of aliphatic hydroxyl groups excluding tert-OH is 8. The first-order chi connectivity index (χ1) is 35.1. The fourth-order valence-electron chi connectivity index (χ4n) is 9.82. The van der Waals surface area contributed by atoms with Gasteiger partial charge in [-0.05, 0) is 44.9 Å². The highest BCUT2D eigenvalue weighted by molar-refractivity contribution is 5.76. The van der Waals surface area contributed by atoms with Crippen LogP contribution in [0.1, 0.15) is 245 Å². The summed E-state index contributed by atoms with van der Waals surface area (Å²) in [5.41, 5.74) is 0. The Balaban J connectivity index is 1.78. The van der Waals surface area contributed by atoms with Gasteiger partial charge in [-0.15, -0.1) is 0 Å². The van der Waals surface area contributed by atoms with E-state index in [1.165, 1.54) is 173 Å². The fraction of sp³-hybridized carbons (Fsp3) is 0.914. The van der Waals surface area contributed by atoms with Crippen LogP contribution in [0, 0.1) is 0 Å². The third kappa shape index (κ3) is 30.3. The molecule has 2 saturated heterocycles. The van der Waals surface area contributed by atoms with Crippen LogP contribution in [-0.2, 0) is 23.7 Å². The molecule has 0 radical (unpaired) electrons. The molecular formula is C58H109NO13. The smallest absolute Gasteiger partial charge is 0.220 e. The summed E-state index contributed by atoms with van der Waals surface area (Å²) in [5.74, 6) is -0.242. The Hall–Kier alpha value is -1.53. The Morgan fingerprint density at radius 3 is 1.32 bits per heavy atom. The number of carbonyl (C=O) groups is 1. The van der Waals surface area contributed by atoms with Gasteiger partial charge in [0.2, 0.25) is 5.91 Å². The number of hydrogen-bond acceptors (Lipinski definition) is 13. The van der Waals surface area contributed by atoms with Crippen LogP contribution in [0.15, 0.2) is 24.3 Å². The molecule has 0 aromatic heterocycles. The van der Waals surface area contributed by atoms with Gasteiger partial charge in [0.1, 0.15) is 48.8 Å². The molecule has 2 fully saturated rings. The van der Waals surface area contributed by atoms with Crippen molar-refractivity contribution in [1.82, 2.24) is 5.32 Å². The second-order valence-corrected chi connectivity index (χ2v) is 21.1. The minimum Gasteiger partial charge on any atom is -0.394 e. The van der Waals surface area contributed by atoms with Gasteiger partial charge in [0.25, 0.3) is 0 Å². The minimum absolute atomic E-state index is 0.242. The van der Waals surface area contributed by atoms with Gasteiger partial charge in [0.05, 0.1) is 32.0 Å². The summed E-state index contributed by atoms with van der Waals surface area (Å²) >= 11 is 0. The molecule has 0 aromatic rings. The van der Waals surface area contributed by atoms with Crippen molar-refractivity contribution in [2.75, 3.05) is 19.8 Å². The maximum absolute atomic E-state index is 13.2. The molecule has 12 unspecified atom stereocenters. The van der Waals surface area contributed by atoms with E-state index in [0.29, 0.717) is 6.42 Å². The van der Waals surface area contributed by atoms with Gasteiger partial charge in [0.15, 0.2) is 12.6 Å². The zero-order valence-corrected chi connectivity index (χ0v) is 45.4. The second kappa shape index (κ2) is 44.6. The summed E-state index contributed by atoms with van der Waals surface area (Å²) in [4.78, 5) is 13.2. The first kappa shape index (κ1) is 66.6. The Morgan fingerprint density at radius 2 is 0.875 bits per heavy atom. The van der Waals surface area contributed by atoms with Gasteiger partial charge in [-0.25, -0.2) is 0 Å². The van der Waals surface area contributed by atoms with Gasteiger partial charge in [-0.1, -0.05) is 218 Å². The zero-order valence-electron chi connectivity index (χ0n) is 45.4. The van der Waals surface area contributed by atoms with E-state index in [9.17, 15) is 45.6 Å². The lowest BCUT2D eigenvalue weighted by molar-refractivity contribution is -0.359. The Bertz CT molecular complexity index is 1300. The van der Waals surface area contributed by atoms with E-state index >= 15 is 0 Å². The van der Waals surface area contributed by atoms with Crippen LogP contribution in [0.3, 0.4) is 0 Å². The molecule has 9 N–H and O–H groups in total. The number of nitrogens with one attached hydrogen (secondary N) is 1. The van der Waals surface area contributed by atoms with Gasteiger partial charge in [-0.2, -0.15) is 0 Å². The number of carbonyl (C=O) groups excluding carboxylic acids is 1. The fourth-order valence-corrected chi connectivity index (χ4v) is 9.82. The predicted octanol–water partition coefficient (Wildman–Crippen LogP) is 9.67. The SMILES string of the molecule is CCCCCCCC/C=C\CCCCCCCCCC(=O)NC(COC1OC(CO)C(OC2OC(CO)C(O)C(O)C2O)C(O)C1O)C(O)/C=C/CCCCCCCCCCCCCCCCCCCCC. The lowest BCUT2D eigenvalue weighted by atomic mass is 9.97. The molecule has 0 saturated carbocycles. The van der Waals surface area contributed by atoms with Crippen molar-refractivity contribution in [1.29, 1.82) is 0 Å². The summed E-state index contributed by atoms with van der Waals surface area (Å²) in [6.45, 7) is 2.81. The summed E-state index contributed by atoms with van der Waals surface area (Å²) < 4.78 is 22.8. The van der Waals surface area contributed by atoms with Crippen LogP contribution in [0.5, 0.6) is 0 Å². The maximum Gasteiger partial charge on any atom is 0.220 e. The summed E-state index contributed by atoms with van der Waals surface area (Å²) in [7, 11) is 0. The maximum atomic E-state index is 13.2. The molecular weight excluding hydrogens is 919 g/mol. The zero-order chi connectivity index (χ0) is 52.4. The van der Waals surface area contributed by atoms with Crippen molar-refractivity contribution >= 4 is 5.91 Å². The highest BCUT2D eigenvalue weighted by Crippen LogP contribution is 2.30. The number of unbranched alkanes of at least 4 members (excludes halogenated alkanes) is 32. The molecule has 0 bridgehead atoms. The van der Waals surface area contributed by atoms with E-state index in [0.717, 1.165) is 44.9 Å². The van der Waals surface area contributed by atoms with Gasteiger partial charge < -0.3 is 65.1 Å². The molecule has 1 amide bonds. The van der Waals surface area contributed by atoms with E-state index in [-0.39, 0.29) is 18.9 Å². The third-order valence-electron chi connectivity index (χ3n) is 14.6. The van der Waals surface area contributed by atoms with Crippen molar-refractivity contribution < 1.29 is 64.6 Å². The topological polar surface area (TPSA) is 228 Å². The number of rotatable bonds is 47. The Kier molecular flexibility index (Phi) is 41.2. The van der Waals surface area contributed by atoms with Crippen LogP contribution >= 0.6 is 0 Å².